The number of ether oxygens (including phenoxy) is 1. The van der Waals surface area contributed by atoms with Gasteiger partial charge in [0.1, 0.15) is 5.78 Å². The predicted molar refractivity (Wildman–Crippen MR) is 55.6 cm³/mol. The largest absolute Gasteiger partial charge is 0.394 e. The highest BCUT2D eigenvalue weighted by molar-refractivity contribution is 5.81. The fourth-order valence-corrected chi connectivity index (χ4v) is 2.54. The van der Waals surface area contributed by atoms with E-state index in [1.165, 1.54) is 0 Å². The molecular formula is C11H19NO3. The molecule has 0 aromatic carbocycles. The lowest BCUT2D eigenvalue weighted by atomic mass is 10.1. The molecule has 1 saturated heterocycles. The number of hydrogen-bond donors (Lipinski definition) is 1. The number of hydrogen-bond acceptors (Lipinski definition) is 4. The number of carbonyl (C=O) groups is 1. The molecule has 0 amide bonds. The molecule has 1 aliphatic carbocycles. The lowest BCUT2D eigenvalue weighted by molar-refractivity contribution is -0.118. The molecule has 0 bridgehead atoms. The van der Waals surface area contributed by atoms with E-state index in [0.29, 0.717) is 30.9 Å². The molecule has 2 aliphatic rings. The second kappa shape index (κ2) is 4.60. The molecule has 4 nitrogen and oxygen atoms in total. The molecular weight excluding hydrogens is 194 g/mol. The van der Waals surface area contributed by atoms with Crippen LogP contribution in [0.3, 0.4) is 0 Å². The van der Waals surface area contributed by atoms with Crippen molar-refractivity contribution in [2.45, 2.75) is 44.4 Å². The molecule has 0 radical (unpaired) electrons. The van der Waals surface area contributed by atoms with Crippen LogP contribution in [0.2, 0.25) is 0 Å². The summed E-state index contributed by atoms with van der Waals surface area (Å²) in [6.07, 6.45) is 2.31. The molecule has 0 spiro atoms. The Bertz CT molecular complexity index is 244. The Kier molecular flexibility index (Phi) is 3.38. The molecule has 4 heteroatoms. The van der Waals surface area contributed by atoms with Crippen molar-refractivity contribution in [2.75, 3.05) is 19.8 Å². The first kappa shape index (κ1) is 11.0. The minimum absolute atomic E-state index is 0.0723. The number of rotatable bonds is 2. The van der Waals surface area contributed by atoms with Gasteiger partial charge in [-0.05, 0) is 13.3 Å². The summed E-state index contributed by atoms with van der Waals surface area (Å²) in [7, 11) is 0. The molecule has 2 fully saturated rings. The molecule has 3 atom stereocenters. The van der Waals surface area contributed by atoms with E-state index >= 15 is 0 Å². The fraction of sp³-hybridized carbons (Fsp3) is 0.909. The van der Waals surface area contributed by atoms with Gasteiger partial charge in [-0.3, -0.25) is 9.69 Å². The average molecular weight is 213 g/mol. The Morgan fingerprint density at radius 1 is 1.60 bits per heavy atom. The van der Waals surface area contributed by atoms with Gasteiger partial charge in [-0.15, -0.1) is 0 Å². The van der Waals surface area contributed by atoms with E-state index in [9.17, 15) is 4.79 Å². The minimum Gasteiger partial charge on any atom is -0.394 e. The molecule has 0 aromatic rings. The summed E-state index contributed by atoms with van der Waals surface area (Å²) in [5, 5.41) is 9.07. The summed E-state index contributed by atoms with van der Waals surface area (Å²) in [6.45, 7) is 3.62. The van der Waals surface area contributed by atoms with Crippen LogP contribution in [0.1, 0.15) is 26.2 Å². The maximum atomic E-state index is 11.2. The molecule has 1 saturated carbocycles. The van der Waals surface area contributed by atoms with Gasteiger partial charge in [-0.2, -0.15) is 0 Å². The van der Waals surface area contributed by atoms with Gasteiger partial charge in [0.25, 0.3) is 0 Å². The number of aliphatic hydroxyl groups excluding tert-OH is 1. The first-order valence-corrected chi connectivity index (χ1v) is 5.70. The second-order valence-corrected chi connectivity index (χ2v) is 4.62. The van der Waals surface area contributed by atoms with Gasteiger partial charge < -0.3 is 9.84 Å². The Morgan fingerprint density at radius 3 is 3.00 bits per heavy atom. The maximum Gasteiger partial charge on any atom is 0.134 e. The van der Waals surface area contributed by atoms with Crippen LogP contribution in [0.4, 0.5) is 0 Å². The van der Waals surface area contributed by atoms with Gasteiger partial charge in [-0.1, -0.05) is 0 Å². The number of Topliss-reactive ketones (excluding diaryl/α,β-unsaturated/α-hetero) is 1. The quantitative estimate of drug-likeness (QED) is 0.711. The highest BCUT2D eigenvalue weighted by atomic mass is 16.5. The highest BCUT2D eigenvalue weighted by Crippen LogP contribution is 2.25. The molecule has 1 N–H and O–H groups in total. The van der Waals surface area contributed by atoms with E-state index < -0.39 is 0 Å². The zero-order valence-electron chi connectivity index (χ0n) is 9.19. The van der Waals surface area contributed by atoms with E-state index in [0.717, 1.165) is 19.4 Å². The van der Waals surface area contributed by atoms with E-state index in [4.69, 9.17) is 9.84 Å². The lowest BCUT2D eigenvalue weighted by Gasteiger charge is -2.40. The van der Waals surface area contributed by atoms with Crippen LogP contribution in [0.5, 0.6) is 0 Å². The molecule has 1 heterocycles. The molecule has 86 valence electrons. The van der Waals surface area contributed by atoms with Crippen molar-refractivity contribution >= 4 is 5.78 Å². The summed E-state index contributed by atoms with van der Waals surface area (Å²) in [4.78, 5) is 13.6. The molecule has 3 unspecified atom stereocenters. The molecule has 1 aliphatic heterocycles. The van der Waals surface area contributed by atoms with Crippen LogP contribution in [0, 0.1) is 0 Å². The maximum absolute atomic E-state index is 11.2. The van der Waals surface area contributed by atoms with Crippen molar-refractivity contribution in [3.63, 3.8) is 0 Å². The van der Waals surface area contributed by atoms with Crippen molar-refractivity contribution in [1.29, 1.82) is 0 Å². The predicted octanol–water partition coefficient (Wildman–Crippen LogP) is 0.190. The Hall–Kier alpha value is -0.450. The number of morpholine rings is 1. The molecule has 0 aromatic heterocycles. The van der Waals surface area contributed by atoms with Crippen LogP contribution in [-0.4, -0.2) is 53.7 Å². The Balaban J connectivity index is 1.96. The Labute approximate surface area is 90.2 Å². The lowest BCUT2D eigenvalue weighted by Crippen LogP contribution is -2.53. The van der Waals surface area contributed by atoms with Gasteiger partial charge in [0.05, 0.1) is 19.3 Å². The van der Waals surface area contributed by atoms with Crippen molar-refractivity contribution < 1.29 is 14.6 Å². The fourth-order valence-electron chi connectivity index (χ4n) is 2.54. The Morgan fingerprint density at radius 2 is 2.40 bits per heavy atom. The van der Waals surface area contributed by atoms with Crippen molar-refractivity contribution in [2.24, 2.45) is 0 Å². The zero-order chi connectivity index (χ0) is 10.8. The van der Waals surface area contributed by atoms with E-state index in [-0.39, 0.29) is 12.7 Å². The van der Waals surface area contributed by atoms with Crippen LogP contribution < -0.4 is 0 Å². The summed E-state index contributed by atoms with van der Waals surface area (Å²) in [5.74, 6) is 0.374. The summed E-state index contributed by atoms with van der Waals surface area (Å²) in [5.41, 5.74) is 0. The SMILES string of the molecule is CC1COC(CO)CN1C1CCC(=O)C1. The number of carbonyl (C=O) groups excluding carboxylic acids is 1. The molecule has 2 rings (SSSR count). The highest BCUT2D eigenvalue weighted by Gasteiger charge is 2.34. The standard InChI is InChI=1S/C11H19NO3/c1-8-7-15-11(6-13)5-12(8)9-2-3-10(14)4-9/h8-9,11,13H,2-7H2,1H3. The summed E-state index contributed by atoms with van der Waals surface area (Å²) in [6, 6.07) is 0.745. The van der Waals surface area contributed by atoms with Crippen molar-refractivity contribution in [3.05, 3.63) is 0 Å². The van der Waals surface area contributed by atoms with Gasteiger partial charge >= 0.3 is 0 Å². The third-order valence-electron chi connectivity index (χ3n) is 3.45. The van der Waals surface area contributed by atoms with Crippen LogP contribution in [0.15, 0.2) is 0 Å². The second-order valence-electron chi connectivity index (χ2n) is 4.62. The minimum atomic E-state index is -0.0723. The first-order valence-electron chi connectivity index (χ1n) is 5.70. The van der Waals surface area contributed by atoms with E-state index in [1.807, 2.05) is 0 Å². The van der Waals surface area contributed by atoms with E-state index in [2.05, 4.69) is 11.8 Å². The van der Waals surface area contributed by atoms with Crippen LogP contribution >= 0.6 is 0 Å². The number of ketones is 1. The van der Waals surface area contributed by atoms with Gasteiger partial charge in [-0.25, -0.2) is 0 Å². The van der Waals surface area contributed by atoms with Gasteiger partial charge in [0.15, 0.2) is 0 Å². The first-order chi connectivity index (χ1) is 7.20. The normalized spacial score (nSPS) is 38.5. The summed E-state index contributed by atoms with van der Waals surface area (Å²) < 4.78 is 5.48. The smallest absolute Gasteiger partial charge is 0.134 e. The number of aliphatic hydroxyl groups is 1. The third kappa shape index (κ3) is 2.38. The molecule has 15 heavy (non-hydrogen) atoms. The zero-order valence-corrected chi connectivity index (χ0v) is 9.19. The third-order valence-corrected chi connectivity index (χ3v) is 3.45. The number of nitrogens with zero attached hydrogens (tertiary/aromatic N) is 1. The summed E-state index contributed by atoms with van der Waals surface area (Å²) >= 11 is 0. The average Bonchev–Trinajstić information content (AvgIpc) is 2.65. The van der Waals surface area contributed by atoms with Crippen LogP contribution in [-0.2, 0) is 9.53 Å². The van der Waals surface area contributed by atoms with Gasteiger partial charge in [0, 0.05) is 31.5 Å². The van der Waals surface area contributed by atoms with Gasteiger partial charge in [0.2, 0.25) is 0 Å². The van der Waals surface area contributed by atoms with E-state index in [1.54, 1.807) is 0 Å². The topological polar surface area (TPSA) is 49.8 Å². The van der Waals surface area contributed by atoms with Crippen molar-refractivity contribution in [1.82, 2.24) is 4.90 Å². The monoisotopic (exact) mass is 213 g/mol. The van der Waals surface area contributed by atoms with Crippen LogP contribution in [0.25, 0.3) is 0 Å². The van der Waals surface area contributed by atoms with Crippen molar-refractivity contribution in [3.8, 4) is 0 Å².